The first-order chi connectivity index (χ1) is 11.6. The summed E-state index contributed by atoms with van der Waals surface area (Å²) in [5.41, 5.74) is 0.734. The third-order valence-electron chi connectivity index (χ3n) is 3.82. The smallest absolute Gasteiger partial charge is 0.221 e. The molecule has 0 bridgehead atoms. The van der Waals surface area contributed by atoms with E-state index in [0.717, 1.165) is 42.7 Å². The maximum Gasteiger partial charge on any atom is 0.221 e. The number of benzene rings is 1. The van der Waals surface area contributed by atoms with E-state index in [0.29, 0.717) is 6.61 Å². The molecule has 1 aromatic carbocycles. The van der Waals surface area contributed by atoms with E-state index in [-0.39, 0.29) is 5.91 Å². The van der Waals surface area contributed by atoms with Crippen molar-refractivity contribution in [1.29, 1.82) is 0 Å². The van der Waals surface area contributed by atoms with Gasteiger partial charge >= 0.3 is 0 Å². The van der Waals surface area contributed by atoms with Crippen molar-refractivity contribution >= 4 is 22.0 Å². The first-order valence-electron chi connectivity index (χ1n) is 7.91. The first kappa shape index (κ1) is 23.3. The lowest BCUT2D eigenvalue weighted by Crippen LogP contribution is -2.46. The lowest BCUT2D eigenvalue weighted by atomic mass is 10.3. The van der Waals surface area contributed by atoms with Crippen molar-refractivity contribution < 1.29 is 31.2 Å². The van der Waals surface area contributed by atoms with Gasteiger partial charge < -0.3 is 19.1 Å². The number of likely N-dealkylation sites (N-methyl/N-ethyl adjacent to an activating group) is 1. The Kier molecular flexibility index (Phi) is 10.3. The molecule has 0 spiro atoms. The summed E-state index contributed by atoms with van der Waals surface area (Å²) >= 11 is 0. The normalized spacial score (nSPS) is 11.3. The summed E-state index contributed by atoms with van der Waals surface area (Å²) in [7, 11) is -1.38. The van der Waals surface area contributed by atoms with E-state index in [1.165, 1.54) is 6.92 Å². The number of para-hydroxylation sites is 2. The van der Waals surface area contributed by atoms with E-state index in [1.807, 2.05) is 24.3 Å². The van der Waals surface area contributed by atoms with Crippen LogP contribution in [0.25, 0.3) is 0 Å². The monoisotopic (exact) mass is 376 g/mol. The largest absolute Gasteiger partial charge is 0.726 e. The summed E-state index contributed by atoms with van der Waals surface area (Å²) in [6.45, 7) is 9.67. The third-order valence-corrected chi connectivity index (χ3v) is 4.23. The minimum absolute atomic E-state index is 0.0845. The van der Waals surface area contributed by atoms with Crippen molar-refractivity contribution in [2.24, 2.45) is 0 Å². The van der Waals surface area contributed by atoms with Gasteiger partial charge in [0.2, 0.25) is 16.3 Å². The van der Waals surface area contributed by atoms with Crippen LogP contribution in [0.1, 0.15) is 20.8 Å². The number of nitrogens with zero attached hydrogens (tertiary/aromatic N) is 1. The van der Waals surface area contributed by atoms with Gasteiger partial charge in [0, 0.05) is 6.92 Å². The molecule has 1 amide bonds. The molecule has 8 nitrogen and oxygen atoms in total. The Bertz CT molecular complexity index is 629. The Hall–Kier alpha value is -1.68. The van der Waals surface area contributed by atoms with Crippen LogP contribution < -0.4 is 10.1 Å². The zero-order valence-corrected chi connectivity index (χ0v) is 16.3. The number of anilines is 1. The molecule has 0 saturated carbocycles. The SMILES string of the molecule is CC[N+](C)(CC)CCOc1ccccc1NC(C)=O.COS(=O)(=O)[O-]. The number of hydrogen-bond acceptors (Lipinski definition) is 6. The van der Waals surface area contributed by atoms with E-state index in [9.17, 15) is 17.8 Å². The highest BCUT2D eigenvalue weighted by atomic mass is 32.3. The Labute approximate surface area is 150 Å². The average Bonchev–Trinajstić information content (AvgIpc) is 2.55. The molecule has 25 heavy (non-hydrogen) atoms. The molecule has 0 aliphatic rings. The summed E-state index contributed by atoms with van der Waals surface area (Å²) in [6.07, 6.45) is 0. The van der Waals surface area contributed by atoms with Gasteiger partial charge in [-0.15, -0.1) is 0 Å². The van der Waals surface area contributed by atoms with Gasteiger partial charge in [0.25, 0.3) is 0 Å². The van der Waals surface area contributed by atoms with Crippen LogP contribution in [0.5, 0.6) is 5.75 Å². The van der Waals surface area contributed by atoms with Gasteiger partial charge in [-0.2, -0.15) is 0 Å². The molecular formula is C16H28N2O6S. The number of carbonyl (C=O) groups excluding carboxylic acids is 1. The van der Waals surface area contributed by atoms with Gasteiger partial charge in [-0.25, -0.2) is 8.42 Å². The van der Waals surface area contributed by atoms with Gasteiger partial charge in [-0.3, -0.25) is 8.98 Å². The Balaban J connectivity index is 0.000000823. The van der Waals surface area contributed by atoms with Crippen LogP contribution in [0, 0.1) is 0 Å². The number of quaternary nitrogens is 1. The van der Waals surface area contributed by atoms with Gasteiger partial charge in [0.15, 0.2) is 0 Å². The number of carbonyl (C=O) groups is 1. The molecule has 1 aromatic rings. The van der Waals surface area contributed by atoms with Gasteiger partial charge in [0.1, 0.15) is 18.9 Å². The highest BCUT2D eigenvalue weighted by molar-refractivity contribution is 7.80. The second kappa shape index (κ2) is 11.0. The molecule has 1 N–H and O–H groups in total. The Morgan fingerprint density at radius 2 is 1.76 bits per heavy atom. The van der Waals surface area contributed by atoms with Crippen molar-refractivity contribution in [3.8, 4) is 5.75 Å². The van der Waals surface area contributed by atoms with Crippen LogP contribution in [0.3, 0.4) is 0 Å². The fourth-order valence-corrected chi connectivity index (χ4v) is 1.80. The van der Waals surface area contributed by atoms with Crippen molar-refractivity contribution in [3.63, 3.8) is 0 Å². The predicted octanol–water partition coefficient (Wildman–Crippen LogP) is 1.60. The van der Waals surface area contributed by atoms with Crippen LogP contribution in [0.15, 0.2) is 24.3 Å². The maximum absolute atomic E-state index is 11.1. The summed E-state index contributed by atoms with van der Waals surface area (Å²) in [5.74, 6) is 0.648. The highest BCUT2D eigenvalue weighted by Gasteiger charge is 2.16. The zero-order chi connectivity index (χ0) is 19.5. The van der Waals surface area contributed by atoms with Crippen molar-refractivity contribution in [2.45, 2.75) is 20.8 Å². The number of ether oxygens (including phenoxy) is 1. The van der Waals surface area contributed by atoms with Crippen LogP contribution in [0.4, 0.5) is 5.69 Å². The molecule has 144 valence electrons. The Morgan fingerprint density at radius 1 is 1.24 bits per heavy atom. The second-order valence-electron chi connectivity index (χ2n) is 5.58. The number of rotatable bonds is 8. The minimum Gasteiger partial charge on any atom is -0.726 e. The molecule has 0 heterocycles. The summed E-state index contributed by atoms with van der Waals surface area (Å²) in [6, 6.07) is 7.53. The molecule has 0 aliphatic heterocycles. The quantitative estimate of drug-likeness (QED) is 0.420. The van der Waals surface area contributed by atoms with E-state index in [1.54, 1.807) is 0 Å². The maximum atomic E-state index is 11.1. The molecule has 0 unspecified atom stereocenters. The lowest BCUT2D eigenvalue weighted by molar-refractivity contribution is -0.906. The fourth-order valence-electron chi connectivity index (χ4n) is 1.80. The fraction of sp³-hybridized carbons (Fsp3) is 0.562. The number of hydrogen-bond donors (Lipinski definition) is 1. The van der Waals surface area contributed by atoms with E-state index >= 15 is 0 Å². The van der Waals surface area contributed by atoms with Crippen LogP contribution in [-0.2, 0) is 19.4 Å². The van der Waals surface area contributed by atoms with Crippen LogP contribution in [0.2, 0.25) is 0 Å². The average molecular weight is 376 g/mol. The standard InChI is InChI=1S/C15H24N2O2.CH4O4S/c1-5-17(4,6-2)11-12-19-15-10-8-7-9-14(15)16-13(3)18;1-5-6(2,3)4/h7-10H,5-6,11-12H2,1-4H3;1H3,(H,2,3,4). The first-order valence-corrected chi connectivity index (χ1v) is 9.24. The van der Waals surface area contributed by atoms with Gasteiger partial charge in [0.05, 0.1) is 32.9 Å². The number of nitrogens with one attached hydrogen (secondary N) is 1. The molecule has 0 aliphatic carbocycles. The van der Waals surface area contributed by atoms with Gasteiger partial charge in [-0.05, 0) is 26.0 Å². The molecule has 0 aromatic heterocycles. The van der Waals surface area contributed by atoms with Crippen molar-refractivity contribution in [3.05, 3.63) is 24.3 Å². The third kappa shape index (κ3) is 10.7. The second-order valence-corrected chi connectivity index (χ2v) is 6.73. The van der Waals surface area contributed by atoms with Crippen molar-refractivity contribution in [1.82, 2.24) is 0 Å². The van der Waals surface area contributed by atoms with E-state index < -0.39 is 10.4 Å². The molecule has 1 rings (SSSR count). The number of amides is 1. The minimum atomic E-state index is -4.41. The highest BCUT2D eigenvalue weighted by Crippen LogP contribution is 2.23. The lowest BCUT2D eigenvalue weighted by Gasteiger charge is -2.31. The molecule has 0 fully saturated rings. The summed E-state index contributed by atoms with van der Waals surface area (Å²) < 4.78 is 37.8. The molecule has 0 saturated heterocycles. The molecule has 0 radical (unpaired) electrons. The van der Waals surface area contributed by atoms with Crippen LogP contribution in [-0.4, -0.2) is 63.8 Å². The van der Waals surface area contributed by atoms with E-state index in [2.05, 4.69) is 30.4 Å². The predicted molar refractivity (Wildman–Crippen MR) is 95.1 cm³/mol. The summed E-state index contributed by atoms with van der Waals surface area (Å²) in [5, 5.41) is 2.78. The zero-order valence-electron chi connectivity index (χ0n) is 15.4. The van der Waals surface area contributed by atoms with Gasteiger partial charge in [-0.1, -0.05) is 12.1 Å². The molecular weight excluding hydrogens is 348 g/mol. The van der Waals surface area contributed by atoms with E-state index in [4.69, 9.17) is 4.74 Å². The molecule has 9 heteroatoms. The van der Waals surface area contributed by atoms with Crippen LogP contribution >= 0.6 is 0 Å². The summed E-state index contributed by atoms with van der Waals surface area (Å²) in [4.78, 5) is 11.1. The molecule has 0 atom stereocenters. The topological polar surface area (TPSA) is 105 Å². The Morgan fingerprint density at radius 3 is 2.20 bits per heavy atom. The van der Waals surface area contributed by atoms with Crippen molar-refractivity contribution in [2.75, 3.05) is 45.7 Å².